The van der Waals surface area contributed by atoms with Gasteiger partial charge in [-0.15, -0.1) is 0 Å². The Bertz CT molecular complexity index is 567. The number of ketones is 1. The van der Waals surface area contributed by atoms with E-state index in [1.165, 1.54) is 0 Å². The molecule has 1 aromatic carbocycles. The van der Waals surface area contributed by atoms with Crippen LogP contribution >= 0.6 is 11.6 Å². The Morgan fingerprint density at radius 2 is 2.30 bits per heavy atom. The van der Waals surface area contributed by atoms with Gasteiger partial charge in [-0.25, -0.2) is 4.98 Å². The number of nitrogens with one attached hydrogen (secondary N) is 1. The molecule has 1 heterocycles. The van der Waals surface area contributed by atoms with Gasteiger partial charge in [0.15, 0.2) is 5.78 Å². The first-order valence-corrected chi connectivity index (χ1v) is 7.00. The van der Waals surface area contributed by atoms with E-state index in [2.05, 4.69) is 10.3 Å². The van der Waals surface area contributed by atoms with Gasteiger partial charge >= 0.3 is 0 Å². The molecule has 2 aromatic rings. The van der Waals surface area contributed by atoms with E-state index in [1.54, 1.807) is 24.7 Å². The molecule has 0 aliphatic rings. The summed E-state index contributed by atoms with van der Waals surface area (Å²) in [6.45, 7) is 3.96. The van der Waals surface area contributed by atoms with Crippen molar-refractivity contribution in [1.82, 2.24) is 14.9 Å². The number of carbonyl (C=O) groups excluding carboxylic acids is 1. The Morgan fingerprint density at radius 1 is 1.45 bits per heavy atom. The minimum absolute atomic E-state index is 0.0902. The quantitative estimate of drug-likeness (QED) is 0.630. The number of hydrogen-bond donors (Lipinski definition) is 1. The first kappa shape index (κ1) is 14.8. The molecule has 0 spiro atoms. The summed E-state index contributed by atoms with van der Waals surface area (Å²) in [4.78, 5) is 16.0. The summed E-state index contributed by atoms with van der Waals surface area (Å²) in [5.41, 5.74) is 1.63. The van der Waals surface area contributed by atoms with Gasteiger partial charge in [0.25, 0.3) is 0 Å². The molecule has 1 aromatic heterocycles. The molecule has 0 amide bonds. The topological polar surface area (TPSA) is 46.9 Å². The maximum Gasteiger partial charge on any atom is 0.176 e. The average Bonchev–Trinajstić information content (AvgIpc) is 2.94. The largest absolute Gasteiger partial charge is 0.337 e. The molecule has 4 nitrogen and oxygen atoms in total. The highest BCUT2D eigenvalue weighted by Gasteiger charge is 2.06. The van der Waals surface area contributed by atoms with Crippen molar-refractivity contribution in [2.75, 3.05) is 13.1 Å². The Morgan fingerprint density at radius 3 is 3.00 bits per heavy atom. The second-order valence-corrected chi connectivity index (χ2v) is 5.13. The van der Waals surface area contributed by atoms with Gasteiger partial charge in [-0.1, -0.05) is 11.6 Å². The summed E-state index contributed by atoms with van der Waals surface area (Å²) in [6.07, 6.45) is 6.45. The van der Waals surface area contributed by atoms with Crippen molar-refractivity contribution in [2.24, 2.45) is 0 Å². The second kappa shape index (κ2) is 7.22. The average molecular weight is 292 g/mol. The normalized spacial score (nSPS) is 10.7. The monoisotopic (exact) mass is 291 g/mol. The van der Waals surface area contributed by atoms with Crippen molar-refractivity contribution in [3.8, 4) is 0 Å². The summed E-state index contributed by atoms with van der Waals surface area (Å²) < 4.78 is 2.02. The fourth-order valence-corrected chi connectivity index (χ4v) is 2.05. The molecular weight excluding hydrogens is 274 g/mol. The molecule has 0 saturated carbocycles. The summed E-state index contributed by atoms with van der Waals surface area (Å²) in [5.74, 6) is 0.0902. The third kappa shape index (κ3) is 4.18. The molecule has 0 aliphatic heterocycles. The van der Waals surface area contributed by atoms with Crippen LogP contribution < -0.4 is 5.32 Å². The summed E-state index contributed by atoms with van der Waals surface area (Å²) in [7, 11) is 0. The number of carbonyl (C=O) groups is 1. The van der Waals surface area contributed by atoms with Gasteiger partial charge in [0.05, 0.1) is 12.9 Å². The molecule has 106 valence electrons. The van der Waals surface area contributed by atoms with E-state index in [4.69, 9.17) is 11.6 Å². The molecule has 0 atom stereocenters. The number of hydrogen-bond acceptors (Lipinski definition) is 3. The Balaban J connectivity index is 1.70. The van der Waals surface area contributed by atoms with Gasteiger partial charge in [0, 0.05) is 29.5 Å². The number of aromatic nitrogens is 2. The van der Waals surface area contributed by atoms with E-state index in [1.807, 2.05) is 23.8 Å². The number of Topliss-reactive ketones (excluding diaryl/α,β-unsaturated/α-hetero) is 1. The van der Waals surface area contributed by atoms with E-state index in [9.17, 15) is 4.79 Å². The van der Waals surface area contributed by atoms with E-state index in [0.717, 1.165) is 25.1 Å². The van der Waals surface area contributed by atoms with Crippen molar-refractivity contribution in [3.05, 3.63) is 53.1 Å². The van der Waals surface area contributed by atoms with Crippen LogP contribution in [0.3, 0.4) is 0 Å². The van der Waals surface area contributed by atoms with E-state index >= 15 is 0 Å². The van der Waals surface area contributed by atoms with E-state index in [-0.39, 0.29) is 5.78 Å². The predicted molar refractivity (Wildman–Crippen MR) is 80.2 cm³/mol. The number of imidazole rings is 1. The van der Waals surface area contributed by atoms with Crippen LogP contribution in [-0.2, 0) is 6.54 Å². The van der Waals surface area contributed by atoms with Crippen LogP contribution in [0.2, 0.25) is 5.02 Å². The number of aryl methyl sites for hydroxylation is 2. The van der Waals surface area contributed by atoms with Crippen LogP contribution in [0.15, 0.2) is 36.9 Å². The number of rotatable bonds is 7. The van der Waals surface area contributed by atoms with Gasteiger partial charge in [0.2, 0.25) is 0 Å². The lowest BCUT2D eigenvalue weighted by Crippen LogP contribution is -2.24. The summed E-state index contributed by atoms with van der Waals surface area (Å²) in [5, 5.41) is 3.85. The maximum absolute atomic E-state index is 12.0. The number of nitrogens with zero attached hydrogens (tertiary/aromatic N) is 2. The lowest BCUT2D eigenvalue weighted by Gasteiger charge is -2.06. The third-order valence-corrected chi connectivity index (χ3v) is 3.52. The second-order valence-electron chi connectivity index (χ2n) is 4.72. The van der Waals surface area contributed by atoms with Crippen molar-refractivity contribution < 1.29 is 4.79 Å². The van der Waals surface area contributed by atoms with Crippen LogP contribution in [0, 0.1) is 6.92 Å². The Hall–Kier alpha value is -1.65. The van der Waals surface area contributed by atoms with E-state index in [0.29, 0.717) is 17.1 Å². The van der Waals surface area contributed by atoms with E-state index < -0.39 is 0 Å². The van der Waals surface area contributed by atoms with Crippen LogP contribution in [-0.4, -0.2) is 28.4 Å². The fraction of sp³-hybridized carbons (Fsp3) is 0.333. The first-order chi connectivity index (χ1) is 9.66. The highest BCUT2D eigenvalue weighted by atomic mass is 35.5. The van der Waals surface area contributed by atoms with Crippen molar-refractivity contribution in [1.29, 1.82) is 0 Å². The van der Waals surface area contributed by atoms with Crippen LogP contribution in [0.1, 0.15) is 22.3 Å². The zero-order valence-electron chi connectivity index (χ0n) is 11.5. The van der Waals surface area contributed by atoms with Gasteiger partial charge in [-0.05, 0) is 43.7 Å². The molecule has 0 bridgehead atoms. The van der Waals surface area contributed by atoms with Gasteiger partial charge in [0.1, 0.15) is 0 Å². The molecule has 0 radical (unpaired) electrons. The lowest BCUT2D eigenvalue weighted by atomic mass is 10.1. The predicted octanol–water partition coefficient (Wildman–Crippen LogP) is 2.71. The first-order valence-electron chi connectivity index (χ1n) is 6.62. The third-order valence-electron chi connectivity index (χ3n) is 3.09. The van der Waals surface area contributed by atoms with Crippen LogP contribution in [0.25, 0.3) is 0 Å². The summed E-state index contributed by atoms with van der Waals surface area (Å²) >= 11 is 5.95. The van der Waals surface area contributed by atoms with Crippen LogP contribution in [0.5, 0.6) is 0 Å². The zero-order chi connectivity index (χ0) is 14.4. The minimum atomic E-state index is 0.0902. The van der Waals surface area contributed by atoms with Crippen molar-refractivity contribution in [3.63, 3.8) is 0 Å². The molecule has 0 fully saturated rings. The molecule has 0 saturated heterocycles. The molecule has 5 heteroatoms. The van der Waals surface area contributed by atoms with Crippen molar-refractivity contribution >= 4 is 17.4 Å². The number of halogens is 1. The standard InChI is InChI=1S/C15H18ClN3O/c1-12-9-13(3-4-14(12)16)15(20)10-17-5-2-7-19-8-6-18-11-19/h3-4,6,8-9,11,17H,2,5,7,10H2,1H3. The maximum atomic E-state index is 12.0. The van der Waals surface area contributed by atoms with Gasteiger partial charge < -0.3 is 9.88 Å². The highest BCUT2D eigenvalue weighted by molar-refractivity contribution is 6.31. The fourth-order valence-electron chi connectivity index (χ4n) is 1.93. The molecule has 0 unspecified atom stereocenters. The van der Waals surface area contributed by atoms with Crippen molar-refractivity contribution in [2.45, 2.75) is 19.9 Å². The lowest BCUT2D eigenvalue weighted by molar-refractivity contribution is 0.0991. The highest BCUT2D eigenvalue weighted by Crippen LogP contribution is 2.16. The molecular formula is C15H18ClN3O. The molecule has 1 N–H and O–H groups in total. The smallest absolute Gasteiger partial charge is 0.176 e. The van der Waals surface area contributed by atoms with Gasteiger partial charge in [-0.2, -0.15) is 0 Å². The zero-order valence-corrected chi connectivity index (χ0v) is 12.2. The molecule has 20 heavy (non-hydrogen) atoms. The van der Waals surface area contributed by atoms with Crippen LogP contribution in [0.4, 0.5) is 0 Å². The number of benzene rings is 1. The Labute approximate surface area is 123 Å². The SMILES string of the molecule is Cc1cc(C(=O)CNCCCn2ccnc2)ccc1Cl. The summed E-state index contributed by atoms with van der Waals surface area (Å²) in [6, 6.07) is 5.37. The van der Waals surface area contributed by atoms with Gasteiger partial charge in [-0.3, -0.25) is 4.79 Å². The molecule has 2 rings (SSSR count). The minimum Gasteiger partial charge on any atom is -0.337 e. The molecule has 0 aliphatic carbocycles. The Kier molecular flexibility index (Phi) is 5.32.